The third-order valence-electron chi connectivity index (χ3n) is 5.89. The number of ether oxygens (including phenoxy) is 1. The van der Waals surface area contributed by atoms with Crippen molar-refractivity contribution in [1.82, 2.24) is 9.80 Å². The first-order valence-electron chi connectivity index (χ1n) is 9.13. The maximum Gasteiger partial charge on any atom is 0.418 e. The van der Waals surface area contributed by atoms with Gasteiger partial charge in [0.1, 0.15) is 4.87 Å². The lowest BCUT2D eigenvalue weighted by molar-refractivity contribution is -0.178. The van der Waals surface area contributed by atoms with Crippen LogP contribution >= 0.6 is 11.8 Å². The third-order valence-corrected chi connectivity index (χ3v) is 7.55. The van der Waals surface area contributed by atoms with E-state index in [1.807, 2.05) is 36.4 Å². The van der Waals surface area contributed by atoms with Gasteiger partial charge in [-0.2, -0.15) is 0 Å². The summed E-state index contributed by atoms with van der Waals surface area (Å²) in [5.41, 5.74) is 0.180. The highest BCUT2D eigenvalue weighted by molar-refractivity contribution is 8.00. The number of carbonyl (C=O) groups is 3. The first-order valence-corrected chi connectivity index (χ1v) is 10.1. The Morgan fingerprint density at radius 2 is 1.64 bits per heavy atom. The minimum absolute atomic E-state index is 0.222. The molecule has 0 saturated carbocycles. The molecule has 3 saturated heterocycles. The van der Waals surface area contributed by atoms with Gasteiger partial charge in [-0.05, 0) is 12.5 Å². The fourth-order valence-corrected chi connectivity index (χ4v) is 6.27. The smallest absolute Gasteiger partial charge is 0.418 e. The zero-order valence-electron chi connectivity index (χ0n) is 15.2. The summed E-state index contributed by atoms with van der Waals surface area (Å²) in [4.78, 5) is 41.3. The first kappa shape index (κ1) is 17.3. The molecule has 2 aromatic rings. The number of amides is 3. The number of thioether (sulfide) groups is 1. The van der Waals surface area contributed by atoms with Crippen molar-refractivity contribution in [3.63, 3.8) is 0 Å². The van der Waals surface area contributed by atoms with Crippen molar-refractivity contribution in [3.05, 3.63) is 71.8 Å². The lowest BCUT2D eigenvalue weighted by atomic mass is 9.74. The summed E-state index contributed by atoms with van der Waals surface area (Å²) in [7, 11) is 0. The van der Waals surface area contributed by atoms with Gasteiger partial charge in [0.15, 0.2) is 5.54 Å². The number of fused-ring (bicyclic) bond motifs is 1. The van der Waals surface area contributed by atoms with E-state index in [1.165, 1.54) is 0 Å². The molecule has 3 aliphatic rings. The van der Waals surface area contributed by atoms with Crippen molar-refractivity contribution in [2.45, 2.75) is 23.4 Å². The van der Waals surface area contributed by atoms with Crippen LogP contribution in [0.3, 0.4) is 0 Å². The van der Waals surface area contributed by atoms with E-state index in [1.54, 1.807) is 47.9 Å². The highest BCUT2D eigenvalue weighted by Gasteiger charge is 2.77. The van der Waals surface area contributed by atoms with E-state index in [2.05, 4.69) is 0 Å². The van der Waals surface area contributed by atoms with Crippen molar-refractivity contribution < 1.29 is 19.1 Å². The molecule has 28 heavy (non-hydrogen) atoms. The monoisotopic (exact) mass is 394 g/mol. The largest absolute Gasteiger partial charge is 0.431 e. The molecule has 2 aromatic carbocycles. The second-order valence-electron chi connectivity index (χ2n) is 7.24. The van der Waals surface area contributed by atoms with Gasteiger partial charge in [-0.1, -0.05) is 60.7 Å². The van der Waals surface area contributed by atoms with Crippen LogP contribution in [0, 0.1) is 0 Å². The zero-order chi connectivity index (χ0) is 19.5. The minimum atomic E-state index is -1.33. The summed E-state index contributed by atoms with van der Waals surface area (Å²) in [6, 6.07) is 18.5. The maximum absolute atomic E-state index is 13.3. The molecule has 0 radical (unpaired) electrons. The molecule has 142 valence electrons. The Morgan fingerprint density at radius 1 is 1.00 bits per heavy atom. The van der Waals surface area contributed by atoms with Crippen LogP contribution in [0.25, 0.3) is 0 Å². The Hall–Kier alpha value is -2.80. The molecule has 7 heteroatoms. The minimum Gasteiger partial charge on any atom is -0.431 e. The van der Waals surface area contributed by atoms with E-state index in [4.69, 9.17) is 4.74 Å². The fourth-order valence-electron chi connectivity index (χ4n) is 4.61. The van der Waals surface area contributed by atoms with Gasteiger partial charge in [0.2, 0.25) is 6.10 Å². The Balaban J connectivity index is 1.60. The summed E-state index contributed by atoms with van der Waals surface area (Å²) in [6.07, 6.45) is -1.79. The lowest BCUT2D eigenvalue weighted by Gasteiger charge is -2.61. The van der Waals surface area contributed by atoms with Crippen molar-refractivity contribution in [3.8, 4) is 0 Å². The number of hydrogen-bond donors (Lipinski definition) is 0. The Bertz CT molecular complexity index is 982. The van der Waals surface area contributed by atoms with Crippen molar-refractivity contribution in [2.75, 3.05) is 12.3 Å². The number of cyclic esters (lactones) is 1. The number of hydrogen-bond acceptors (Lipinski definition) is 5. The van der Waals surface area contributed by atoms with Gasteiger partial charge in [-0.3, -0.25) is 9.59 Å². The average molecular weight is 394 g/mol. The number of β-lactam (4-membered cyclic amide) rings is 1. The van der Waals surface area contributed by atoms with Gasteiger partial charge in [-0.25, -0.2) is 9.69 Å². The van der Waals surface area contributed by atoms with Crippen molar-refractivity contribution in [1.29, 1.82) is 0 Å². The molecule has 3 amide bonds. The first-order chi connectivity index (χ1) is 13.5. The molecule has 3 heterocycles. The molecule has 6 nitrogen and oxygen atoms in total. The van der Waals surface area contributed by atoms with Crippen LogP contribution in [-0.2, 0) is 19.2 Å². The standard InChI is InChI=1S/C21H18N2O4S/c1-20(23-17(24)16(27-19(23)26)14-8-4-2-5-9-14)18(25)22-12-13-28-21(20,22)15-10-6-3-7-11-15/h2-11,16H,12-13H2,1H3. The molecule has 3 fully saturated rings. The van der Waals surface area contributed by atoms with E-state index in [0.717, 1.165) is 16.2 Å². The molecular formula is C21H18N2O4S. The maximum atomic E-state index is 13.3. The van der Waals surface area contributed by atoms with E-state index in [9.17, 15) is 14.4 Å². The molecule has 3 unspecified atom stereocenters. The summed E-state index contributed by atoms with van der Waals surface area (Å²) < 4.78 is 5.43. The number of rotatable bonds is 3. The number of benzene rings is 2. The summed E-state index contributed by atoms with van der Waals surface area (Å²) in [5, 5.41) is 0. The van der Waals surface area contributed by atoms with Crippen molar-refractivity contribution >= 4 is 29.7 Å². The summed E-state index contributed by atoms with van der Waals surface area (Å²) >= 11 is 1.59. The van der Waals surface area contributed by atoms with Gasteiger partial charge in [0.25, 0.3) is 11.8 Å². The number of imide groups is 1. The van der Waals surface area contributed by atoms with Crippen LogP contribution in [0.15, 0.2) is 60.7 Å². The van der Waals surface area contributed by atoms with Crippen LogP contribution in [0.1, 0.15) is 24.2 Å². The van der Waals surface area contributed by atoms with Crippen LogP contribution in [-0.4, -0.2) is 45.5 Å². The molecule has 0 N–H and O–H groups in total. The predicted octanol–water partition coefficient (Wildman–Crippen LogP) is 2.91. The predicted molar refractivity (Wildman–Crippen MR) is 103 cm³/mol. The highest BCUT2D eigenvalue weighted by atomic mass is 32.2. The van der Waals surface area contributed by atoms with E-state index < -0.39 is 28.5 Å². The zero-order valence-corrected chi connectivity index (χ0v) is 16.0. The Labute approximate surface area is 166 Å². The molecule has 3 atom stereocenters. The second-order valence-corrected chi connectivity index (χ2v) is 8.52. The van der Waals surface area contributed by atoms with Crippen LogP contribution in [0.2, 0.25) is 0 Å². The van der Waals surface area contributed by atoms with Gasteiger partial charge in [0.05, 0.1) is 0 Å². The normalized spacial score (nSPS) is 31.6. The van der Waals surface area contributed by atoms with Gasteiger partial charge < -0.3 is 9.64 Å². The lowest BCUT2D eigenvalue weighted by Crippen LogP contribution is -2.82. The molecule has 3 aliphatic heterocycles. The van der Waals surface area contributed by atoms with Crippen molar-refractivity contribution in [2.24, 2.45) is 0 Å². The molecule has 0 aromatic heterocycles. The third kappa shape index (κ3) is 1.92. The SMILES string of the molecule is CC1(N2C(=O)OC(c3ccccc3)C2=O)C(=O)N2CCSC21c1ccccc1. The highest BCUT2D eigenvalue weighted by Crippen LogP contribution is 2.63. The van der Waals surface area contributed by atoms with E-state index in [0.29, 0.717) is 12.1 Å². The van der Waals surface area contributed by atoms with Crippen LogP contribution in [0.4, 0.5) is 4.79 Å². The topological polar surface area (TPSA) is 66.9 Å². The molecule has 0 aliphatic carbocycles. The Morgan fingerprint density at radius 3 is 2.32 bits per heavy atom. The fraction of sp³-hybridized carbons (Fsp3) is 0.286. The van der Waals surface area contributed by atoms with E-state index >= 15 is 0 Å². The van der Waals surface area contributed by atoms with Crippen LogP contribution in [0.5, 0.6) is 0 Å². The molecule has 0 spiro atoms. The van der Waals surface area contributed by atoms with Gasteiger partial charge >= 0.3 is 6.09 Å². The Kier molecular flexibility index (Phi) is 3.61. The average Bonchev–Trinajstić information content (AvgIpc) is 3.28. The van der Waals surface area contributed by atoms with Gasteiger partial charge in [0, 0.05) is 17.9 Å². The van der Waals surface area contributed by atoms with Crippen LogP contribution < -0.4 is 0 Å². The summed E-state index contributed by atoms with van der Waals surface area (Å²) in [6.45, 7) is 2.27. The number of carbonyl (C=O) groups excluding carboxylic acids is 3. The molecular weight excluding hydrogens is 376 g/mol. The quantitative estimate of drug-likeness (QED) is 0.749. The van der Waals surface area contributed by atoms with E-state index in [-0.39, 0.29) is 5.91 Å². The molecule has 5 rings (SSSR count). The molecule has 0 bridgehead atoms. The summed E-state index contributed by atoms with van der Waals surface area (Å²) in [5.74, 6) is 0.0324. The second kappa shape index (κ2) is 5.85. The number of nitrogens with zero attached hydrogens (tertiary/aromatic N) is 2. The van der Waals surface area contributed by atoms with Gasteiger partial charge in [-0.15, -0.1) is 11.8 Å².